The number of nitrogens with zero attached hydrogens (tertiary/aromatic N) is 1. The van der Waals surface area contributed by atoms with Crippen molar-refractivity contribution < 1.29 is 0 Å². The Hall–Kier alpha value is -2.22. The van der Waals surface area contributed by atoms with Gasteiger partial charge < -0.3 is 10.2 Å². The fourth-order valence-electron chi connectivity index (χ4n) is 4.62. The molecule has 2 heteroatoms. The summed E-state index contributed by atoms with van der Waals surface area (Å²) in [6.07, 6.45) is 0.266. The van der Waals surface area contributed by atoms with Gasteiger partial charge in [0, 0.05) is 16.5 Å². The molecule has 0 saturated heterocycles. The second-order valence-electron chi connectivity index (χ2n) is 6.76. The maximum absolute atomic E-state index is 4.41. The quantitative estimate of drug-likeness (QED) is 0.715. The molecule has 1 aliphatic carbocycles. The van der Waals surface area contributed by atoms with Crippen molar-refractivity contribution in [3.05, 3.63) is 66.2 Å². The van der Waals surface area contributed by atoms with E-state index in [2.05, 4.69) is 79.2 Å². The fraction of sp³-hybridized carbons (Fsp3) is 0.263. The van der Waals surface area contributed by atoms with Gasteiger partial charge in [-0.1, -0.05) is 56.3 Å². The Morgan fingerprint density at radius 2 is 1.67 bits per heavy atom. The van der Waals surface area contributed by atoms with Crippen LogP contribution >= 0.6 is 0 Å². The van der Waals surface area contributed by atoms with Crippen molar-refractivity contribution in [3.63, 3.8) is 0 Å². The molecule has 2 nitrogen and oxygen atoms in total. The number of anilines is 3. The predicted molar refractivity (Wildman–Crippen MR) is 87.0 cm³/mol. The van der Waals surface area contributed by atoms with Crippen molar-refractivity contribution in [2.24, 2.45) is 5.41 Å². The third kappa shape index (κ3) is 0.993. The molecule has 21 heavy (non-hydrogen) atoms. The van der Waals surface area contributed by atoms with Crippen LogP contribution < -0.4 is 10.2 Å². The molecular formula is C19H18N2. The van der Waals surface area contributed by atoms with Gasteiger partial charge in [0.15, 0.2) is 0 Å². The van der Waals surface area contributed by atoms with Crippen molar-refractivity contribution in [3.8, 4) is 0 Å². The van der Waals surface area contributed by atoms with Crippen LogP contribution in [0.25, 0.3) is 0 Å². The summed E-state index contributed by atoms with van der Waals surface area (Å²) in [5.74, 6) is 0. The Bertz CT molecular complexity index is 809. The lowest BCUT2D eigenvalue weighted by molar-refractivity contribution is 0.399. The highest BCUT2D eigenvalue weighted by molar-refractivity contribution is 5.89. The van der Waals surface area contributed by atoms with E-state index in [4.69, 9.17) is 0 Å². The van der Waals surface area contributed by atoms with Crippen LogP contribution in [-0.4, -0.2) is 6.17 Å². The molecule has 0 amide bonds. The number of hydrogen-bond acceptors (Lipinski definition) is 2. The van der Waals surface area contributed by atoms with Gasteiger partial charge in [0.05, 0.1) is 11.4 Å². The van der Waals surface area contributed by atoms with E-state index < -0.39 is 0 Å². The molecule has 0 radical (unpaired) electrons. The molecular weight excluding hydrogens is 256 g/mol. The second-order valence-corrected chi connectivity index (χ2v) is 6.76. The summed E-state index contributed by atoms with van der Waals surface area (Å²) < 4.78 is 0. The van der Waals surface area contributed by atoms with Gasteiger partial charge in [0.2, 0.25) is 0 Å². The Morgan fingerprint density at radius 3 is 2.48 bits per heavy atom. The molecule has 1 saturated carbocycles. The highest BCUT2D eigenvalue weighted by Crippen LogP contribution is 2.76. The van der Waals surface area contributed by atoms with E-state index in [0.29, 0.717) is 0 Å². The number of nitrogens with one attached hydrogen (secondary N) is 1. The summed E-state index contributed by atoms with van der Waals surface area (Å²) in [7, 11) is 0. The van der Waals surface area contributed by atoms with Crippen LogP contribution in [0, 0.1) is 5.41 Å². The molecule has 2 aromatic carbocycles. The van der Waals surface area contributed by atoms with E-state index in [0.717, 1.165) is 0 Å². The largest absolute Gasteiger partial charge is 0.362 e. The molecule has 0 aromatic heterocycles. The van der Waals surface area contributed by atoms with E-state index >= 15 is 0 Å². The molecule has 2 heterocycles. The smallest absolute Gasteiger partial charge is 0.114 e. The maximum Gasteiger partial charge on any atom is 0.114 e. The molecule has 3 atom stereocenters. The number of benzene rings is 2. The third-order valence-corrected chi connectivity index (χ3v) is 6.17. The molecule has 0 bridgehead atoms. The summed E-state index contributed by atoms with van der Waals surface area (Å²) in [5, 5.41) is 3.73. The third-order valence-electron chi connectivity index (χ3n) is 6.17. The molecule has 1 fully saturated rings. The zero-order valence-electron chi connectivity index (χ0n) is 12.4. The molecule has 5 rings (SSSR count). The first-order valence-electron chi connectivity index (χ1n) is 7.54. The zero-order chi connectivity index (χ0) is 14.4. The molecule has 0 spiro atoms. The Kier molecular flexibility index (Phi) is 1.72. The van der Waals surface area contributed by atoms with Gasteiger partial charge in [0.25, 0.3) is 0 Å². The molecule has 3 unspecified atom stereocenters. The number of hydrogen-bond donors (Lipinski definition) is 1. The van der Waals surface area contributed by atoms with Crippen molar-refractivity contribution >= 4 is 17.1 Å². The van der Waals surface area contributed by atoms with Crippen LogP contribution in [0.4, 0.5) is 17.1 Å². The van der Waals surface area contributed by atoms with E-state index in [1.165, 1.54) is 28.2 Å². The van der Waals surface area contributed by atoms with Gasteiger partial charge >= 0.3 is 0 Å². The highest BCUT2D eigenvalue weighted by atomic mass is 15.4. The van der Waals surface area contributed by atoms with Crippen molar-refractivity contribution in [2.45, 2.75) is 25.4 Å². The Balaban J connectivity index is 1.85. The van der Waals surface area contributed by atoms with Crippen LogP contribution in [0.15, 0.2) is 60.7 Å². The average molecular weight is 274 g/mol. The van der Waals surface area contributed by atoms with Gasteiger partial charge in [-0.3, -0.25) is 0 Å². The standard InChI is InChI=1S/C19H18N2/c1-12-18(2)13-8-4-6-10-15(13)21-16-11-7-5-9-14(16)20-17(21)19(12,18)3/h4-11,17,20H,1H2,2-3H3. The molecule has 3 aliphatic rings. The SMILES string of the molecule is C=C1C2(C)c3ccccc3N3c4ccccc4NC3C12C. The van der Waals surface area contributed by atoms with Gasteiger partial charge in [-0.2, -0.15) is 0 Å². The lowest BCUT2D eigenvalue weighted by Gasteiger charge is -2.40. The van der Waals surface area contributed by atoms with Crippen LogP contribution in [0.5, 0.6) is 0 Å². The van der Waals surface area contributed by atoms with Gasteiger partial charge in [0.1, 0.15) is 6.17 Å². The first kappa shape index (κ1) is 11.4. The summed E-state index contributed by atoms with van der Waals surface area (Å²) in [6.45, 7) is 9.10. The Labute approximate surface area is 125 Å². The second kappa shape index (κ2) is 3.16. The van der Waals surface area contributed by atoms with E-state index in [9.17, 15) is 0 Å². The average Bonchev–Trinajstić information content (AvgIpc) is 2.86. The van der Waals surface area contributed by atoms with Gasteiger partial charge in [-0.15, -0.1) is 0 Å². The predicted octanol–water partition coefficient (Wildman–Crippen LogP) is 4.42. The molecule has 104 valence electrons. The van der Waals surface area contributed by atoms with E-state index in [-0.39, 0.29) is 17.0 Å². The normalized spacial score (nSPS) is 34.5. The fourth-order valence-corrected chi connectivity index (χ4v) is 4.62. The Morgan fingerprint density at radius 1 is 1.00 bits per heavy atom. The number of fused-ring (bicyclic) bond motifs is 8. The summed E-state index contributed by atoms with van der Waals surface area (Å²) in [6, 6.07) is 17.4. The topological polar surface area (TPSA) is 15.3 Å². The molecule has 1 N–H and O–H groups in total. The monoisotopic (exact) mass is 274 g/mol. The summed E-state index contributed by atoms with van der Waals surface area (Å²) >= 11 is 0. The molecule has 2 aliphatic heterocycles. The number of rotatable bonds is 0. The van der Waals surface area contributed by atoms with Gasteiger partial charge in [-0.25, -0.2) is 0 Å². The van der Waals surface area contributed by atoms with Gasteiger partial charge in [-0.05, 0) is 23.8 Å². The lowest BCUT2D eigenvalue weighted by atomic mass is 9.81. The minimum atomic E-state index is 0.0831. The summed E-state index contributed by atoms with van der Waals surface area (Å²) in [4.78, 5) is 2.46. The summed E-state index contributed by atoms with van der Waals surface area (Å²) in [5.41, 5.74) is 6.74. The van der Waals surface area contributed by atoms with Crippen LogP contribution in [0.2, 0.25) is 0 Å². The van der Waals surface area contributed by atoms with Crippen molar-refractivity contribution in [1.82, 2.24) is 0 Å². The minimum absolute atomic E-state index is 0.0831. The maximum atomic E-state index is 4.41. The number of para-hydroxylation sites is 3. The first-order chi connectivity index (χ1) is 10.1. The van der Waals surface area contributed by atoms with E-state index in [1.54, 1.807) is 0 Å². The van der Waals surface area contributed by atoms with E-state index in [1.807, 2.05) is 0 Å². The van der Waals surface area contributed by atoms with Crippen molar-refractivity contribution in [2.75, 3.05) is 10.2 Å². The molecule has 2 aromatic rings. The van der Waals surface area contributed by atoms with Crippen LogP contribution in [0.1, 0.15) is 19.4 Å². The lowest BCUT2D eigenvalue weighted by Crippen LogP contribution is -2.46. The van der Waals surface area contributed by atoms with Crippen LogP contribution in [0.3, 0.4) is 0 Å². The van der Waals surface area contributed by atoms with Crippen LogP contribution in [-0.2, 0) is 5.41 Å². The zero-order valence-corrected chi connectivity index (χ0v) is 12.4. The minimum Gasteiger partial charge on any atom is -0.362 e. The highest BCUT2D eigenvalue weighted by Gasteiger charge is 2.74. The van der Waals surface area contributed by atoms with Crippen molar-refractivity contribution in [1.29, 1.82) is 0 Å². The first-order valence-corrected chi connectivity index (χ1v) is 7.54.